The molecular weight excluding hydrogens is 565 g/mol. The van der Waals surface area contributed by atoms with E-state index in [9.17, 15) is 4.79 Å². The molecule has 0 bridgehead atoms. The average Bonchev–Trinajstić information content (AvgIpc) is 3.52. The lowest BCUT2D eigenvalue weighted by Gasteiger charge is -2.09. The Morgan fingerprint density at radius 2 is 1.79 bits per heavy atom. The van der Waals surface area contributed by atoms with Crippen LogP contribution in [0.4, 0.5) is 5.69 Å². The number of fused-ring (bicyclic) bond motifs is 1. The summed E-state index contributed by atoms with van der Waals surface area (Å²) >= 11 is 23.9. The molecule has 0 aliphatic rings. The molecule has 0 radical (unpaired) electrons. The van der Waals surface area contributed by atoms with E-state index in [0.29, 0.717) is 54.8 Å². The fraction of sp³-hybridized carbons (Fsp3) is 0.0357. The Morgan fingerprint density at radius 3 is 2.61 bits per heavy atom. The molecule has 0 fully saturated rings. The molecule has 1 amide bonds. The highest BCUT2D eigenvalue weighted by molar-refractivity contribution is 7.80. The van der Waals surface area contributed by atoms with Gasteiger partial charge in [-0.15, -0.1) is 0 Å². The maximum absolute atomic E-state index is 12.4. The van der Waals surface area contributed by atoms with Crippen molar-refractivity contribution in [3.63, 3.8) is 0 Å². The van der Waals surface area contributed by atoms with Crippen LogP contribution in [-0.2, 0) is 4.79 Å². The molecule has 0 aliphatic heterocycles. The first-order chi connectivity index (χ1) is 18.2. The third kappa shape index (κ3) is 5.92. The van der Waals surface area contributed by atoms with Crippen LogP contribution in [0.15, 0.2) is 81.6 Å². The second-order valence-electron chi connectivity index (χ2n) is 8.27. The predicted octanol–water partition coefficient (Wildman–Crippen LogP) is 8.55. The van der Waals surface area contributed by atoms with Crippen LogP contribution >= 0.6 is 47.0 Å². The summed E-state index contributed by atoms with van der Waals surface area (Å²) in [6.45, 7) is 1.93. The Hall–Kier alpha value is -3.62. The third-order valence-corrected chi connectivity index (χ3v) is 6.70. The summed E-state index contributed by atoms with van der Waals surface area (Å²) in [4.78, 5) is 16.9. The van der Waals surface area contributed by atoms with Crippen molar-refractivity contribution in [1.82, 2.24) is 10.3 Å². The lowest BCUT2D eigenvalue weighted by Crippen LogP contribution is -2.32. The van der Waals surface area contributed by atoms with Crippen LogP contribution in [0.5, 0.6) is 0 Å². The van der Waals surface area contributed by atoms with Crippen molar-refractivity contribution >= 4 is 80.9 Å². The van der Waals surface area contributed by atoms with Crippen LogP contribution in [0.2, 0.25) is 15.1 Å². The summed E-state index contributed by atoms with van der Waals surface area (Å²) in [5.41, 5.74) is 4.17. The molecule has 2 N–H and O–H groups in total. The van der Waals surface area contributed by atoms with Gasteiger partial charge in [-0.1, -0.05) is 46.9 Å². The Labute approximate surface area is 238 Å². The number of hydrogen-bond acceptors (Lipinski definition) is 5. The van der Waals surface area contributed by atoms with Crippen LogP contribution in [0.3, 0.4) is 0 Å². The summed E-state index contributed by atoms with van der Waals surface area (Å²) in [6.07, 6.45) is 2.88. The summed E-state index contributed by atoms with van der Waals surface area (Å²) < 4.78 is 11.6. The number of nitrogens with one attached hydrogen (secondary N) is 2. The lowest BCUT2D eigenvalue weighted by molar-refractivity contribution is -0.115. The summed E-state index contributed by atoms with van der Waals surface area (Å²) in [6, 6.07) is 19.6. The van der Waals surface area contributed by atoms with E-state index in [-0.39, 0.29) is 5.11 Å². The fourth-order valence-corrected chi connectivity index (χ4v) is 4.36. The quantitative estimate of drug-likeness (QED) is 0.160. The van der Waals surface area contributed by atoms with Crippen molar-refractivity contribution in [2.75, 3.05) is 5.32 Å². The van der Waals surface area contributed by atoms with E-state index in [1.807, 2.05) is 31.2 Å². The normalized spacial score (nSPS) is 11.3. The van der Waals surface area contributed by atoms with Crippen LogP contribution in [0.1, 0.15) is 11.3 Å². The molecule has 0 saturated carbocycles. The second-order valence-corrected chi connectivity index (χ2v) is 9.93. The van der Waals surface area contributed by atoms with Crippen LogP contribution < -0.4 is 10.6 Å². The second kappa shape index (κ2) is 11.0. The maximum atomic E-state index is 12.4. The van der Waals surface area contributed by atoms with E-state index in [1.54, 1.807) is 48.5 Å². The predicted molar refractivity (Wildman–Crippen MR) is 157 cm³/mol. The highest BCUT2D eigenvalue weighted by Gasteiger charge is 2.14. The van der Waals surface area contributed by atoms with Crippen molar-refractivity contribution in [2.45, 2.75) is 6.92 Å². The molecule has 0 unspecified atom stereocenters. The fourth-order valence-electron chi connectivity index (χ4n) is 3.60. The number of oxazole rings is 1. The number of carbonyl (C=O) groups excluding carboxylic acids is 1. The number of aryl methyl sites for hydroxylation is 1. The molecule has 10 heteroatoms. The van der Waals surface area contributed by atoms with Crippen LogP contribution in [-0.4, -0.2) is 16.0 Å². The first kappa shape index (κ1) is 26.0. The Kier molecular flexibility index (Phi) is 7.53. The minimum atomic E-state index is -0.427. The number of halogens is 3. The van der Waals surface area contributed by atoms with Crippen molar-refractivity contribution in [1.29, 1.82) is 0 Å². The summed E-state index contributed by atoms with van der Waals surface area (Å²) in [5, 5.41) is 7.32. The monoisotopic (exact) mass is 581 g/mol. The number of nitrogens with zero attached hydrogens (tertiary/aromatic N) is 1. The van der Waals surface area contributed by atoms with Gasteiger partial charge in [-0.2, -0.15) is 0 Å². The first-order valence-corrected chi connectivity index (χ1v) is 12.8. The Bertz CT molecular complexity index is 1730. The van der Waals surface area contributed by atoms with E-state index in [0.717, 1.165) is 11.1 Å². The maximum Gasteiger partial charge on any atom is 0.250 e. The van der Waals surface area contributed by atoms with Gasteiger partial charge in [-0.3, -0.25) is 10.1 Å². The van der Waals surface area contributed by atoms with Gasteiger partial charge in [0.05, 0.1) is 10.6 Å². The van der Waals surface area contributed by atoms with Gasteiger partial charge in [-0.05, 0) is 85.4 Å². The zero-order valence-electron chi connectivity index (χ0n) is 19.7. The van der Waals surface area contributed by atoms with Gasteiger partial charge in [-0.25, -0.2) is 4.98 Å². The molecule has 190 valence electrons. The summed E-state index contributed by atoms with van der Waals surface area (Å²) in [7, 11) is 0. The van der Waals surface area contributed by atoms with E-state index in [2.05, 4.69) is 15.6 Å². The highest BCUT2D eigenvalue weighted by Crippen LogP contribution is 2.33. The topological polar surface area (TPSA) is 80.3 Å². The van der Waals surface area contributed by atoms with Gasteiger partial charge in [0, 0.05) is 27.4 Å². The zero-order valence-corrected chi connectivity index (χ0v) is 22.8. The van der Waals surface area contributed by atoms with Crippen molar-refractivity contribution in [3.8, 4) is 22.8 Å². The number of thiocarbonyl (C=S) groups is 1. The standard InChI is InChI=1S/C28H18Cl3N3O3S/c1-15-2-3-16(12-22(15)31)24-10-6-19(36-24)7-11-26(35)34-28(38)32-18-5-8-21(30)20(14-18)27-33-23-13-17(29)4-9-25(23)37-27/h2-14H,1H3,(H2,32,34,35,38)/b11-7+. The van der Waals surface area contributed by atoms with Gasteiger partial charge in [0.1, 0.15) is 17.0 Å². The number of benzene rings is 3. The number of amides is 1. The van der Waals surface area contributed by atoms with Gasteiger partial charge in [0.15, 0.2) is 10.7 Å². The molecule has 6 nitrogen and oxygen atoms in total. The molecule has 5 rings (SSSR count). The van der Waals surface area contributed by atoms with Crippen molar-refractivity contribution in [3.05, 3.63) is 99.2 Å². The number of aromatic nitrogens is 1. The van der Waals surface area contributed by atoms with Crippen molar-refractivity contribution in [2.24, 2.45) is 0 Å². The number of carbonyl (C=O) groups is 1. The van der Waals surface area contributed by atoms with E-state index in [4.69, 9.17) is 55.9 Å². The number of hydrogen-bond donors (Lipinski definition) is 2. The van der Waals surface area contributed by atoms with Gasteiger partial charge >= 0.3 is 0 Å². The zero-order chi connectivity index (χ0) is 26.8. The SMILES string of the molecule is Cc1ccc(-c2ccc(/C=C/C(=O)NC(=S)Nc3ccc(Cl)c(-c4nc5cc(Cl)ccc5o4)c3)o2)cc1Cl. The molecule has 38 heavy (non-hydrogen) atoms. The minimum absolute atomic E-state index is 0.103. The molecule has 0 spiro atoms. The summed E-state index contributed by atoms with van der Waals surface area (Å²) in [5.74, 6) is 1.06. The minimum Gasteiger partial charge on any atom is -0.457 e. The molecule has 2 aromatic heterocycles. The van der Waals surface area contributed by atoms with Gasteiger partial charge in [0.25, 0.3) is 0 Å². The lowest BCUT2D eigenvalue weighted by atomic mass is 10.1. The number of furan rings is 1. The van der Waals surface area contributed by atoms with Gasteiger partial charge in [0.2, 0.25) is 11.8 Å². The molecular formula is C28H18Cl3N3O3S. The van der Waals surface area contributed by atoms with Crippen molar-refractivity contribution < 1.29 is 13.6 Å². The average molecular weight is 583 g/mol. The Morgan fingerprint density at radius 1 is 0.947 bits per heavy atom. The first-order valence-electron chi connectivity index (χ1n) is 11.3. The molecule has 0 aliphatic carbocycles. The third-order valence-electron chi connectivity index (χ3n) is 5.52. The smallest absolute Gasteiger partial charge is 0.250 e. The molecule has 2 heterocycles. The Balaban J connectivity index is 1.23. The van der Waals surface area contributed by atoms with Crippen LogP contribution in [0.25, 0.3) is 40.0 Å². The number of anilines is 1. The molecule has 3 aromatic carbocycles. The number of rotatable bonds is 5. The van der Waals surface area contributed by atoms with Gasteiger partial charge < -0.3 is 14.2 Å². The van der Waals surface area contributed by atoms with E-state index in [1.165, 1.54) is 6.08 Å². The largest absolute Gasteiger partial charge is 0.457 e. The molecule has 0 atom stereocenters. The molecule has 0 saturated heterocycles. The van der Waals surface area contributed by atoms with E-state index >= 15 is 0 Å². The highest BCUT2D eigenvalue weighted by atomic mass is 35.5. The van der Waals surface area contributed by atoms with E-state index < -0.39 is 5.91 Å². The molecule has 5 aromatic rings. The van der Waals surface area contributed by atoms with Crippen LogP contribution in [0, 0.1) is 6.92 Å².